The Morgan fingerprint density at radius 3 is 2.57 bits per heavy atom. The number of allylic oxidation sites excluding steroid dienone is 4. The number of nitriles is 1. The lowest BCUT2D eigenvalue weighted by molar-refractivity contribution is 0.296. The number of nitrogens with zero attached hydrogens (tertiary/aromatic N) is 1. The lowest BCUT2D eigenvalue weighted by atomic mass is 9.79. The van der Waals surface area contributed by atoms with Gasteiger partial charge in [-0.05, 0) is 74.1 Å². The van der Waals surface area contributed by atoms with Crippen LogP contribution < -0.4 is 0 Å². The zero-order valence-electron chi connectivity index (χ0n) is 12.9. The van der Waals surface area contributed by atoms with Crippen LogP contribution in [-0.4, -0.2) is 0 Å². The van der Waals surface area contributed by atoms with Crippen LogP contribution in [0.15, 0.2) is 42.3 Å². The Kier molecular flexibility index (Phi) is 6.46. The summed E-state index contributed by atoms with van der Waals surface area (Å²) in [4.78, 5) is 0. The molecule has 0 heterocycles. The van der Waals surface area contributed by atoms with Gasteiger partial charge in [0.2, 0.25) is 0 Å². The summed E-state index contributed by atoms with van der Waals surface area (Å²) in [6, 6.07) is 5.54. The van der Waals surface area contributed by atoms with E-state index in [4.69, 9.17) is 5.26 Å². The van der Waals surface area contributed by atoms with Crippen molar-refractivity contribution >= 4 is 0 Å². The van der Waals surface area contributed by atoms with E-state index in [0.717, 1.165) is 44.1 Å². The Balaban J connectivity index is 1.74. The average molecular weight is 319 g/mol. The van der Waals surface area contributed by atoms with Gasteiger partial charge in [-0.15, -0.1) is 0 Å². The molecule has 0 unspecified atom stereocenters. The molecule has 0 radical (unpaired) electrons. The first-order valence-corrected chi connectivity index (χ1v) is 7.96. The van der Waals surface area contributed by atoms with Crippen LogP contribution in [0.25, 0.3) is 0 Å². The Morgan fingerprint density at radius 2 is 1.91 bits per heavy atom. The standard InChI is InChI=1S/C19H20F3N/c20-17(13-23)3-1-2-14-4-6-15(7-5-14)8-9-16-10-11-18(21)19(22)12-16/h1-3,10-12,14-15H,4-9H2/b2-1+,17-3-. The summed E-state index contributed by atoms with van der Waals surface area (Å²) in [7, 11) is 0. The molecule has 0 N–H and O–H groups in total. The topological polar surface area (TPSA) is 23.8 Å². The van der Waals surface area contributed by atoms with E-state index in [1.807, 2.05) is 6.08 Å². The fraction of sp³-hybridized carbons (Fsp3) is 0.421. The van der Waals surface area contributed by atoms with Crippen molar-refractivity contribution in [3.63, 3.8) is 0 Å². The highest BCUT2D eigenvalue weighted by Gasteiger charge is 2.19. The van der Waals surface area contributed by atoms with Crippen molar-refractivity contribution in [2.24, 2.45) is 11.8 Å². The van der Waals surface area contributed by atoms with Crippen molar-refractivity contribution in [3.05, 3.63) is 59.5 Å². The van der Waals surface area contributed by atoms with Gasteiger partial charge in [-0.25, -0.2) is 8.78 Å². The summed E-state index contributed by atoms with van der Waals surface area (Å²) < 4.78 is 38.7. The maximum Gasteiger partial charge on any atom is 0.199 e. The molecule has 1 aromatic rings. The summed E-state index contributed by atoms with van der Waals surface area (Å²) in [6.45, 7) is 0. The van der Waals surface area contributed by atoms with Crippen molar-refractivity contribution in [3.8, 4) is 6.07 Å². The molecule has 1 fully saturated rings. The lowest BCUT2D eigenvalue weighted by Gasteiger charge is -2.26. The van der Waals surface area contributed by atoms with Gasteiger partial charge in [0.05, 0.1) is 0 Å². The first-order chi connectivity index (χ1) is 11.1. The summed E-state index contributed by atoms with van der Waals surface area (Å²) in [5, 5.41) is 8.32. The highest BCUT2D eigenvalue weighted by atomic mass is 19.2. The molecule has 4 heteroatoms. The van der Waals surface area contributed by atoms with Gasteiger partial charge in [-0.2, -0.15) is 9.65 Å². The van der Waals surface area contributed by atoms with Crippen LogP contribution in [0.1, 0.15) is 37.7 Å². The molecule has 122 valence electrons. The van der Waals surface area contributed by atoms with Crippen LogP contribution in [0.3, 0.4) is 0 Å². The Bertz CT molecular complexity index is 620. The normalized spacial score (nSPS) is 22.3. The van der Waals surface area contributed by atoms with Gasteiger partial charge < -0.3 is 0 Å². The minimum Gasteiger partial charge on any atom is -0.204 e. The van der Waals surface area contributed by atoms with Crippen molar-refractivity contribution in [2.75, 3.05) is 0 Å². The molecule has 1 aromatic carbocycles. The Labute approximate surface area is 135 Å². The summed E-state index contributed by atoms with van der Waals surface area (Å²) in [6.07, 6.45) is 10.8. The molecule has 1 aliphatic carbocycles. The fourth-order valence-corrected chi connectivity index (χ4v) is 3.07. The second-order valence-corrected chi connectivity index (χ2v) is 6.08. The summed E-state index contributed by atoms with van der Waals surface area (Å²) >= 11 is 0. The number of hydrogen-bond donors (Lipinski definition) is 0. The molecule has 0 bridgehead atoms. The van der Waals surface area contributed by atoms with Crippen molar-refractivity contribution < 1.29 is 13.2 Å². The van der Waals surface area contributed by atoms with Crippen molar-refractivity contribution in [2.45, 2.75) is 38.5 Å². The molecule has 0 aromatic heterocycles. The second-order valence-electron chi connectivity index (χ2n) is 6.08. The third kappa shape index (κ3) is 5.59. The van der Waals surface area contributed by atoms with Crippen LogP contribution in [-0.2, 0) is 6.42 Å². The fourth-order valence-electron chi connectivity index (χ4n) is 3.07. The highest BCUT2D eigenvalue weighted by molar-refractivity contribution is 5.19. The number of rotatable bonds is 5. The molecular weight excluding hydrogens is 299 g/mol. The molecule has 0 saturated heterocycles. The SMILES string of the molecule is N#C/C(F)=C/C=C/C1CCC(CCc2ccc(F)c(F)c2)CC1. The monoisotopic (exact) mass is 319 g/mol. The van der Waals surface area contributed by atoms with Gasteiger partial charge in [0, 0.05) is 0 Å². The first-order valence-electron chi connectivity index (χ1n) is 7.96. The van der Waals surface area contributed by atoms with Gasteiger partial charge in [0.1, 0.15) is 6.07 Å². The molecular formula is C19H20F3N. The average Bonchev–Trinajstić information content (AvgIpc) is 2.57. The third-order valence-corrected chi connectivity index (χ3v) is 4.45. The quantitative estimate of drug-likeness (QED) is 0.509. The molecule has 1 nitrogen and oxygen atoms in total. The van der Waals surface area contributed by atoms with Gasteiger partial charge in [-0.1, -0.05) is 18.2 Å². The molecule has 1 saturated carbocycles. The van der Waals surface area contributed by atoms with E-state index < -0.39 is 17.5 Å². The van der Waals surface area contributed by atoms with Crippen LogP contribution in [0.5, 0.6) is 0 Å². The number of aryl methyl sites for hydroxylation is 1. The van der Waals surface area contributed by atoms with Gasteiger partial charge in [0.25, 0.3) is 0 Å². The van der Waals surface area contributed by atoms with Crippen molar-refractivity contribution in [1.82, 2.24) is 0 Å². The third-order valence-electron chi connectivity index (χ3n) is 4.45. The van der Waals surface area contributed by atoms with E-state index in [9.17, 15) is 13.2 Å². The minimum absolute atomic E-state index is 0.428. The smallest absolute Gasteiger partial charge is 0.199 e. The van der Waals surface area contributed by atoms with Gasteiger partial charge in [0.15, 0.2) is 17.5 Å². The van der Waals surface area contributed by atoms with Crippen LogP contribution >= 0.6 is 0 Å². The summed E-state index contributed by atoms with van der Waals surface area (Å²) in [5.74, 6) is -1.34. The molecule has 1 aliphatic rings. The van der Waals surface area contributed by atoms with E-state index in [1.54, 1.807) is 12.1 Å². The Morgan fingerprint density at radius 1 is 1.17 bits per heavy atom. The lowest BCUT2D eigenvalue weighted by Crippen LogP contribution is -2.13. The van der Waals surface area contributed by atoms with Gasteiger partial charge >= 0.3 is 0 Å². The summed E-state index contributed by atoms with van der Waals surface area (Å²) in [5.41, 5.74) is 0.836. The van der Waals surface area contributed by atoms with Crippen LogP contribution in [0.4, 0.5) is 13.2 Å². The Hall–Kier alpha value is -2.02. The van der Waals surface area contributed by atoms with E-state index in [0.29, 0.717) is 11.8 Å². The van der Waals surface area contributed by atoms with E-state index >= 15 is 0 Å². The van der Waals surface area contributed by atoms with Crippen molar-refractivity contribution in [1.29, 1.82) is 5.26 Å². The number of benzene rings is 1. The maximum absolute atomic E-state index is 13.2. The van der Waals surface area contributed by atoms with E-state index in [1.165, 1.54) is 24.3 Å². The predicted molar refractivity (Wildman–Crippen MR) is 84.1 cm³/mol. The van der Waals surface area contributed by atoms with E-state index in [-0.39, 0.29) is 0 Å². The number of halogens is 3. The molecule has 0 spiro atoms. The molecule has 0 atom stereocenters. The molecule has 0 aliphatic heterocycles. The van der Waals surface area contributed by atoms with Crippen LogP contribution in [0, 0.1) is 34.8 Å². The molecule has 2 rings (SSSR count). The largest absolute Gasteiger partial charge is 0.204 e. The number of hydrogen-bond acceptors (Lipinski definition) is 1. The minimum atomic E-state index is -0.803. The molecule has 0 amide bonds. The highest BCUT2D eigenvalue weighted by Crippen LogP contribution is 2.32. The zero-order valence-corrected chi connectivity index (χ0v) is 12.9. The molecule has 23 heavy (non-hydrogen) atoms. The first kappa shape index (κ1) is 17.3. The van der Waals surface area contributed by atoms with E-state index in [2.05, 4.69) is 0 Å². The van der Waals surface area contributed by atoms with Gasteiger partial charge in [-0.3, -0.25) is 0 Å². The maximum atomic E-state index is 13.2. The predicted octanol–water partition coefficient (Wildman–Crippen LogP) is 5.64. The zero-order chi connectivity index (χ0) is 16.7. The van der Waals surface area contributed by atoms with Crippen LogP contribution in [0.2, 0.25) is 0 Å². The second kappa shape index (κ2) is 8.57.